The van der Waals surface area contributed by atoms with Crippen molar-refractivity contribution in [2.45, 2.75) is 0 Å². The van der Waals surface area contributed by atoms with Gasteiger partial charge in [-0.2, -0.15) is 0 Å². The maximum atomic E-state index is 12.3. The van der Waals surface area contributed by atoms with Gasteiger partial charge in [-0.05, 0) is 36.4 Å². The number of hydrogen-bond donors (Lipinski definition) is 1. The van der Waals surface area contributed by atoms with Crippen molar-refractivity contribution < 1.29 is 4.79 Å². The van der Waals surface area contributed by atoms with Gasteiger partial charge in [-0.15, -0.1) is 0 Å². The number of nitrogens with zero attached hydrogens (tertiary/aromatic N) is 2. The summed E-state index contributed by atoms with van der Waals surface area (Å²) in [7, 11) is 0. The monoisotopic (exact) mass is 347 g/mol. The molecule has 0 saturated carbocycles. The van der Waals surface area contributed by atoms with Gasteiger partial charge < -0.3 is 9.72 Å². The number of amides is 1. The molecule has 0 bridgehead atoms. The molecule has 25 heavy (non-hydrogen) atoms. The van der Waals surface area contributed by atoms with E-state index in [-0.39, 0.29) is 5.91 Å². The van der Waals surface area contributed by atoms with E-state index in [1.165, 1.54) is 0 Å². The summed E-state index contributed by atoms with van der Waals surface area (Å²) in [6.07, 6.45) is 3.94. The van der Waals surface area contributed by atoms with Gasteiger partial charge in [0.2, 0.25) is 0 Å². The molecule has 4 aromatic rings. The molecule has 4 nitrogen and oxygen atoms in total. The summed E-state index contributed by atoms with van der Waals surface area (Å²) in [5.41, 5.74) is 3.93. The molecule has 0 aliphatic carbocycles. The van der Waals surface area contributed by atoms with Crippen LogP contribution in [-0.4, -0.2) is 15.3 Å². The van der Waals surface area contributed by atoms with Crippen LogP contribution in [0, 0.1) is 0 Å². The Kier molecular flexibility index (Phi) is 3.96. The number of fused-ring (bicyclic) bond motifs is 1. The Morgan fingerprint density at radius 1 is 0.960 bits per heavy atom. The van der Waals surface area contributed by atoms with Gasteiger partial charge in [0.15, 0.2) is 0 Å². The van der Waals surface area contributed by atoms with Crippen molar-refractivity contribution in [1.29, 1.82) is 0 Å². The highest BCUT2D eigenvalue weighted by Gasteiger charge is 2.10. The summed E-state index contributed by atoms with van der Waals surface area (Å²) in [6, 6.07) is 20.4. The van der Waals surface area contributed by atoms with Crippen molar-refractivity contribution in [1.82, 2.24) is 9.38 Å². The van der Waals surface area contributed by atoms with Crippen molar-refractivity contribution in [3.05, 3.63) is 89.7 Å². The number of benzene rings is 2. The number of pyridine rings is 1. The highest BCUT2D eigenvalue weighted by molar-refractivity contribution is 6.34. The number of rotatable bonds is 3. The molecule has 1 N–H and O–H groups in total. The third kappa shape index (κ3) is 3.12. The lowest BCUT2D eigenvalue weighted by Crippen LogP contribution is -2.12. The van der Waals surface area contributed by atoms with Crippen LogP contribution in [0.5, 0.6) is 0 Å². The number of imidazole rings is 1. The average Bonchev–Trinajstić information content (AvgIpc) is 3.07. The average molecular weight is 348 g/mol. The number of nitrogens with one attached hydrogen (secondary N) is 1. The minimum atomic E-state index is -0.230. The first-order valence-electron chi connectivity index (χ1n) is 7.81. The molecular weight excluding hydrogens is 334 g/mol. The van der Waals surface area contributed by atoms with Crippen molar-refractivity contribution in [3.63, 3.8) is 0 Å². The minimum absolute atomic E-state index is 0.230. The minimum Gasteiger partial charge on any atom is -0.322 e. The molecule has 0 atom stereocenters. The van der Waals surface area contributed by atoms with Gasteiger partial charge in [-0.1, -0.05) is 41.9 Å². The molecular formula is C20H14ClN3O. The second-order valence-corrected chi connectivity index (χ2v) is 6.01. The van der Waals surface area contributed by atoms with E-state index in [0.717, 1.165) is 16.9 Å². The summed E-state index contributed by atoms with van der Waals surface area (Å²) < 4.78 is 1.97. The molecule has 0 radical (unpaired) electrons. The molecule has 2 heterocycles. The number of carbonyl (C=O) groups is 1. The highest BCUT2D eigenvalue weighted by Crippen LogP contribution is 2.22. The fraction of sp³-hybridized carbons (Fsp3) is 0. The standard InChI is InChI=1S/C20H14ClN3O/c21-17-6-2-1-5-16(17)20(25)22-15-10-8-14(9-11-15)18-13-24-12-4-3-7-19(24)23-18/h1-13H,(H,22,25). The van der Waals surface area contributed by atoms with Gasteiger partial charge in [0.25, 0.3) is 5.91 Å². The smallest absolute Gasteiger partial charge is 0.257 e. The van der Waals surface area contributed by atoms with E-state index in [1.807, 2.05) is 59.3 Å². The second-order valence-electron chi connectivity index (χ2n) is 5.60. The summed E-state index contributed by atoms with van der Waals surface area (Å²) in [5.74, 6) is -0.230. The van der Waals surface area contributed by atoms with E-state index in [4.69, 9.17) is 11.6 Å². The third-order valence-electron chi connectivity index (χ3n) is 3.92. The lowest BCUT2D eigenvalue weighted by atomic mass is 10.1. The van der Waals surface area contributed by atoms with Crippen molar-refractivity contribution in [3.8, 4) is 11.3 Å². The molecule has 5 heteroatoms. The van der Waals surface area contributed by atoms with Crippen LogP contribution in [-0.2, 0) is 0 Å². The van der Waals surface area contributed by atoms with Crippen molar-refractivity contribution in [2.24, 2.45) is 0 Å². The molecule has 4 rings (SSSR count). The molecule has 122 valence electrons. The summed E-state index contributed by atoms with van der Waals surface area (Å²) >= 11 is 6.06. The SMILES string of the molecule is O=C(Nc1ccc(-c2cn3ccccc3n2)cc1)c1ccccc1Cl. The highest BCUT2D eigenvalue weighted by atomic mass is 35.5. The first-order chi connectivity index (χ1) is 12.2. The number of hydrogen-bond acceptors (Lipinski definition) is 2. The summed E-state index contributed by atoms with van der Waals surface area (Å²) in [5, 5.41) is 3.29. The van der Waals surface area contributed by atoms with Crippen LogP contribution in [0.15, 0.2) is 79.1 Å². The Morgan fingerprint density at radius 3 is 2.48 bits per heavy atom. The normalized spacial score (nSPS) is 10.8. The van der Waals surface area contributed by atoms with Crippen LogP contribution in [0.3, 0.4) is 0 Å². The Morgan fingerprint density at radius 2 is 1.72 bits per heavy atom. The lowest BCUT2D eigenvalue weighted by molar-refractivity contribution is 0.102. The number of carbonyl (C=O) groups excluding carboxylic acids is 1. The largest absolute Gasteiger partial charge is 0.322 e. The molecule has 1 amide bonds. The zero-order valence-corrected chi connectivity index (χ0v) is 13.9. The predicted molar refractivity (Wildman–Crippen MR) is 100 cm³/mol. The van der Waals surface area contributed by atoms with Gasteiger partial charge >= 0.3 is 0 Å². The van der Waals surface area contributed by atoms with Gasteiger partial charge in [0, 0.05) is 23.6 Å². The molecule has 2 aromatic carbocycles. The fourth-order valence-electron chi connectivity index (χ4n) is 2.64. The van der Waals surface area contributed by atoms with Gasteiger partial charge in [-0.3, -0.25) is 4.79 Å². The quantitative estimate of drug-likeness (QED) is 0.572. The van der Waals surface area contributed by atoms with Gasteiger partial charge in [-0.25, -0.2) is 4.98 Å². The first-order valence-corrected chi connectivity index (χ1v) is 8.18. The molecule has 0 fully saturated rings. The van der Waals surface area contributed by atoms with Crippen molar-refractivity contribution in [2.75, 3.05) is 5.32 Å². The van der Waals surface area contributed by atoms with E-state index in [2.05, 4.69) is 10.3 Å². The number of halogens is 1. The van der Waals surface area contributed by atoms with Crippen LogP contribution >= 0.6 is 11.6 Å². The van der Waals surface area contributed by atoms with Crippen LogP contribution in [0.25, 0.3) is 16.9 Å². The zero-order chi connectivity index (χ0) is 17.2. The number of anilines is 1. The molecule has 2 aromatic heterocycles. The predicted octanol–water partition coefficient (Wildman–Crippen LogP) is 4.91. The van der Waals surface area contributed by atoms with E-state index in [9.17, 15) is 4.79 Å². The summed E-state index contributed by atoms with van der Waals surface area (Å²) in [6.45, 7) is 0. The lowest BCUT2D eigenvalue weighted by Gasteiger charge is -2.07. The van der Waals surface area contributed by atoms with E-state index in [0.29, 0.717) is 16.3 Å². The van der Waals surface area contributed by atoms with Crippen LogP contribution < -0.4 is 5.32 Å². The molecule has 0 aliphatic heterocycles. The first kappa shape index (κ1) is 15.4. The zero-order valence-electron chi connectivity index (χ0n) is 13.2. The van der Waals surface area contributed by atoms with Gasteiger partial charge in [0.05, 0.1) is 16.3 Å². The Hall–Kier alpha value is -3.11. The second kappa shape index (κ2) is 6.42. The van der Waals surface area contributed by atoms with Gasteiger partial charge in [0.1, 0.15) is 5.65 Å². The maximum absolute atomic E-state index is 12.3. The van der Waals surface area contributed by atoms with E-state index in [1.54, 1.807) is 24.3 Å². The number of aromatic nitrogens is 2. The third-order valence-corrected chi connectivity index (χ3v) is 4.25. The maximum Gasteiger partial charge on any atom is 0.257 e. The topological polar surface area (TPSA) is 46.4 Å². The van der Waals surface area contributed by atoms with E-state index >= 15 is 0 Å². The van der Waals surface area contributed by atoms with Crippen molar-refractivity contribution >= 4 is 28.8 Å². The summed E-state index contributed by atoms with van der Waals surface area (Å²) in [4.78, 5) is 16.9. The van der Waals surface area contributed by atoms with Crippen LogP contribution in [0.1, 0.15) is 10.4 Å². The Labute approximate surface area is 149 Å². The molecule has 0 unspecified atom stereocenters. The Bertz CT molecular complexity index is 1020. The van der Waals surface area contributed by atoms with Crippen LogP contribution in [0.2, 0.25) is 5.02 Å². The van der Waals surface area contributed by atoms with E-state index < -0.39 is 0 Å². The molecule has 0 saturated heterocycles. The fourth-order valence-corrected chi connectivity index (χ4v) is 2.86. The Balaban J connectivity index is 1.56. The molecule has 0 spiro atoms. The molecule has 0 aliphatic rings. The van der Waals surface area contributed by atoms with Crippen LogP contribution in [0.4, 0.5) is 5.69 Å².